The van der Waals surface area contributed by atoms with Crippen LogP contribution >= 0.6 is 0 Å². The van der Waals surface area contributed by atoms with E-state index in [0.29, 0.717) is 36.6 Å². The topological polar surface area (TPSA) is 55.8 Å². The summed E-state index contributed by atoms with van der Waals surface area (Å²) in [4.78, 5) is 24.7. The number of ketones is 1. The number of rotatable bonds is 3. The van der Waals surface area contributed by atoms with Gasteiger partial charge in [-0.3, -0.25) is 9.59 Å². The van der Waals surface area contributed by atoms with Gasteiger partial charge in [0, 0.05) is 19.0 Å². The van der Waals surface area contributed by atoms with Gasteiger partial charge in [0.1, 0.15) is 11.5 Å². The van der Waals surface area contributed by atoms with Crippen molar-refractivity contribution in [1.82, 2.24) is 0 Å². The zero-order valence-electron chi connectivity index (χ0n) is 10.4. The fraction of sp³-hybridized carbons (Fsp3) is 0.385. The number of carbonyl (C=O) groups is 2. The van der Waals surface area contributed by atoms with E-state index in [1.807, 2.05) is 0 Å². The standard InChI is InChI=1S/C13H15NO4/c1-17-9-5-6-10(12(8-9)18-2)14-7-3-4-11(15)13(14)16/h5-6,8H,3-4,7H2,1-2H3. The quantitative estimate of drug-likeness (QED) is 0.760. The maximum atomic E-state index is 11.8. The highest BCUT2D eigenvalue weighted by molar-refractivity contribution is 6.42. The zero-order chi connectivity index (χ0) is 13.1. The number of methoxy groups -OCH3 is 2. The first-order valence-corrected chi connectivity index (χ1v) is 5.74. The van der Waals surface area contributed by atoms with E-state index < -0.39 is 5.91 Å². The Morgan fingerprint density at radius 2 is 1.94 bits per heavy atom. The highest BCUT2D eigenvalue weighted by Crippen LogP contribution is 2.33. The number of nitrogens with zero attached hydrogens (tertiary/aromatic N) is 1. The van der Waals surface area contributed by atoms with Crippen LogP contribution in [-0.2, 0) is 9.59 Å². The van der Waals surface area contributed by atoms with Gasteiger partial charge in [0.05, 0.1) is 19.9 Å². The third-order valence-electron chi connectivity index (χ3n) is 2.95. The Kier molecular flexibility index (Phi) is 3.50. The van der Waals surface area contributed by atoms with E-state index in [4.69, 9.17) is 9.47 Å². The maximum absolute atomic E-state index is 11.8. The van der Waals surface area contributed by atoms with Crippen LogP contribution in [-0.4, -0.2) is 32.5 Å². The van der Waals surface area contributed by atoms with Crippen LogP contribution < -0.4 is 14.4 Å². The molecule has 0 aliphatic carbocycles. The van der Waals surface area contributed by atoms with Crippen LogP contribution in [0.1, 0.15) is 12.8 Å². The Balaban J connectivity index is 2.37. The van der Waals surface area contributed by atoms with Crippen LogP contribution in [0.5, 0.6) is 11.5 Å². The Morgan fingerprint density at radius 3 is 2.61 bits per heavy atom. The summed E-state index contributed by atoms with van der Waals surface area (Å²) in [7, 11) is 3.08. The molecule has 96 valence electrons. The molecular weight excluding hydrogens is 234 g/mol. The fourth-order valence-corrected chi connectivity index (χ4v) is 1.99. The number of anilines is 1. The van der Waals surface area contributed by atoms with Gasteiger partial charge in [0.2, 0.25) is 5.78 Å². The van der Waals surface area contributed by atoms with Crippen LogP contribution in [0.15, 0.2) is 18.2 Å². The highest BCUT2D eigenvalue weighted by Gasteiger charge is 2.29. The van der Waals surface area contributed by atoms with Crippen LogP contribution in [0, 0.1) is 0 Å². The lowest BCUT2D eigenvalue weighted by Crippen LogP contribution is -2.41. The van der Waals surface area contributed by atoms with E-state index >= 15 is 0 Å². The molecule has 0 unspecified atom stereocenters. The van der Waals surface area contributed by atoms with Crippen molar-refractivity contribution >= 4 is 17.4 Å². The minimum Gasteiger partial charge on any atom is -0.497 e. The lowest BCUT2D eigenvalue weighted by atomic mass is 10.1. The second kappa shape index (κ2) is 5.08. The maximum Gasteiger partial charge on any atom is 0.294 e. The summed E-state index contributed by atoms with van der Waals surface area (Å²) in [6, 6.07) is 5.17. The molecule has 0 aromatic heterocycles. The SMILES string of the molecule is COc1ccc(N2CCCC(=O)C2=O)c(OC)c1. The molecule has 1 saturated heterocycles. The molecule has 1 aliphatic heterocycles. The van der Waals surface area contributed by atoms with Crippen molar-refractivity contribution in [3.05, 3.63) is 18.2 Å². The average molecular weight is 249 g/mol. The molecule has 1 aromatic carbocycles. The first kappa shape index (κ1) is 12.4. The molecule has 5 nitrogen and oxygen atoms in total. The molecule has 0 bridgehead atoms. The third kappa shape index (κ3) is 2.16. The van der Waals surface area contributed by atoms with Crippen molar-refractivity contribution in [2.24, 2.45) is 0 Å². The molecule has 18 heavy (non-hydrogen) atoms. The molecule has 1 amide bonds. The van der Waals surface area contributed by atoms with Crippen molar-refractivity contribution in [2.45, 2.75) is 12.8 Å². The first-order chi connectivity index (χ1) is 8.67. The lowest BCUT2D eigenvalue weighted by molar-refractivity contribution is -0.137. The summed E-state index contributed by atoms with van der Waals surface area (Å²) in [5.74, 6) is 0.354. The summed E-state index contributed by atoms with van der Waals surface area (Å²) in [5.41, 5.74) is 0.608. The number of ether oxygens (including phenoxy) is 2. The number of hydrogen-bond donors (Lipinski definition) is 0. The molecule has 0 radical (unpaired) electrons. The van der Waals surface area contributed by atoms with Crippen LogP contribution in [0.4, 0.5) is 5.69 Å². The van der Waals surface area contributed by atoms with E-state index in [2.05, 4.69) is 0 Å². The first-order valence-electron chi connectivity index (χ1n) is 5.74. The van der Waals surface area contributed by atoms with Crippen LogP contribution in [0.3, 0.4) is 0 Å². The summed E-state index contributed by atoms with van der Waals surface area (Å²) < 4.78 is 10.3. The molecule has 5 heteroatoms. The number of Topliss-reactive ketones (excluding diaryl/α,β-unsaturated/α-hetero) is 1. The molecule has 1 heterocycles. The van der Waals surface area contributed by atoms with E-state index in [9.17, 15) is 9.59 Å². The monoisotopic (exact) mass is 249 g/mol. The Bertz CT molecular complexity index is 484. The minimum atomic E-state index is -0.468. The molecular formula is C13H15NO4. The van der Waals surface area contributed by atoms with Gasteiger partial charge >= 0.3 is 0 Å². The highest BCUT2D eigenvalue weighted by atomic mass is 16.5. The van der Waals surface area contributed by atoms with Gasteiger partial charge in [-0.1, -0.05) is 0 Å². The van der Waals surface area contributed by atoms with Gasteiger partial charge in [-0.15, -0.1) is 0 Å². The van der Waals surface area contributed by atoms with Crippen molar-refractivity contribution in [3.63, 3.8) is 0 Å². The average Bonchev–Trinajstić information content (AvgIpc) is 2.41. The van der Waals surface area contributed by atoms with E-state index in [1.165, 1.54) is 12.0 Å². The van der Waals surface area contributed by atoms with E-state index in [1.54, 1.807) is 25.3 Å². The van der Waals surface area contributed by atoms with Gasteiger partial charge in [-0.2, -0.15) is 0 Å². The van der Waals surface area contributed by atoms with Crippen molar-refractivity contribution in [3.8, 4) is 11.5 Å². The largest absolute Gasteiger partial charge is 0.497 e. The smallest absolute Gasteiger partial charge is 0.294 e. The second-order valence-corrected chi connectivity index (χ2v) is 4.02. The van der Waals surface area contributed by atoms with Crippen molar-refractivity contribution in [1.29, 1.82) is 0 Å². The molecule has 2 rings (SSSR count). The predicted molar refractivity (Wildman–Crippen MR) is 66.1 cm³/mol. The Labute approximate surface area is 105 Å². The van der Waals surface area contributed by atoms with Gasteiger partial charge in [-0.25, -0.2) is 0 Å². The van der Waals surface area contributed by atoms with Gasteiger partial charge in [0.25, 0.3) is 5.91 Å². The van der Waals surface area contributed by atoms with Crippen LogP contribution in [0.2, 0.25) is 0 Å². The molecule has 1 fully saturated rings. The molecule has 0 saturated carbocycles. The zero-order valence-corrected chi connectivity index (χ0v) is 10.4. The molecule has 0 atom stereocenters. The minimum absolute atomic E-state index is 0.327. The summed E-state index contributed by atoms with van der Waals surface area (Å²) in [6.45, 7) is 0.535. The fourth-order valence-electron chi connectivity index (χ4n) is 1.99. The Morgan fingerprint density at radius 1 is 1.17 bits per heavy atom. The lowest BCUT2D eigenvalue weighted by Gasteiger charge is -2.27. The number of benzene rings is 1. The van der Waals surface area contributed by atoms with Gasteiger partial charge in [0.15, 0.2) is 0 Å². The summed E-state index contributed by atoms with van der Waals surface area (Å²) >= 11 is 0. The summed E-state index contributed by atoms with van der Waals surface area (Å²) in [6.07, 6.45) is 1.01. The third-order valence-corrected chi connectivity index (χ3v) is 2.95. The number of carbonyl (C=O) groups excluding carboxylic acids is 2. The number of amides is 1. The molecule has 1 aliphatic rings. The van der Waals surface area contributed by atoms with Crippen molar-refractivity contribution in [2.75, 3.05) is 25.7 Å². The molecule has 1 aromatic rings. The predicted octanol–water partition coefficient (Wildman–Crippen LogP) is 1.40. The van der Waals surface area contributed by atoms with Gasteiger partial charge in [-0.05, 0) is 18.6 Å². The molecule has 0 spiro atoms. The van der Waals surface area contributed by atoms with Crippen LogP contribution in [0.25, 0.3) is 0 Å². The Hall–Kier alpha value is -2.04. The second-order valence-electron chi connectivity index (χ2n) is 4.02. The van der Waals surface area contributed by atoms with Crippen molar-refractivity contribution < 1.29 is 19.1 Å². The number of piperidine rings is 1. The van der Waals surface area contributed by atoms with E-state index in [0.717, 1.165) is 0 Å². The normalized spacial score (nSPS) is 15.8. The number of hydrogen-bond acceptors (Lipinski definition) is 4. The summed E-state index contributed by atoms with van der Waals surface area (Å²) in [5, 5.41) is 0. The van der Waals surface area contributed by atoms with Gasteiger partial charge < -0.3 is 14.4 Å². The van der Waals surface area contributed by atoms with E-state index in [-0.39, 0.29) is 5.78 Å². The molecule has 0 N–H and O–H groups in total.